The van der Waals surface area contributed by atoms with Crippen LogP contribution in [-0.2, 0) is 13.0 Å². The molecule has 0 aliphatic rings. The number of hydroxylamine groups is 2. The van der Waals surface area contributed by atoms with E-state index < -0.39 is 6.03 Å². The van der Waals surface area contributed by atoms with Gasteiger partial charge < -0.3 is 14.9 Å². The zero-order valence-corrected chi connectivity index (χ0v) is 15.3. The van der Waals surface area contributed by atoms with Crippen LogP contribution in [0.3, 0.4) is 0 Å². The van der Waals surface area contributed by atoms with Gasteiger partial charge in [-0.15, -0.1) is 0 Å². The van der Waals surface area contributed by atoms with Crippen molar-refractivity contribution in [1.82, 2.24) is 10.0 Å². The predicted molar refractivity (Wildman–Crippen MR) is 99.2 cm³/mol. The lowest BCUT2D eigenvalue weighted by atomic mass is 10.2. The summed E-state index contributed by atoms with van der Waals surface area (Å²) in [5, 5.41) is 9.76. The Morgan fingerprint density at radius 3 is 2.64 bits per heavy atom. The second-order valence-electron chi connectivity index (χ2n) is 6.14. The van der Waals surface area contributed by atoms with E-state index in [1.54, 1.807) is 49.4 Å². The number of aryl methyl sites for hydroxylation is 1. The van der Waals surface area contributed by atoms with Gasteiger partial charge in [-0.25, -0.2) is 19.2 Å². The SMILES string of the molecule is Cc1oc(-c2ccccc2F)nc1CCOc1ccc(CN(O)C(N)=O)cc1. The zero-order valence-electron chi connectivity index (χ0n) is 15.3. The van der Waals surface area contributed by atoms with E-state index in [1.807, 2.05) is 0 Å². The van der Waals surface area contributed by atoms with Crippen molar-refractivity contribution in [2.75, 3.05) is 6.61 Å². The third kappa shape index (κ3) is 4.66. The number of hydrogen-bond acceptors (Lipinski definition) is 5. The lowest BCUT2D eigenvalue weighted by Crippen LogP contribution is -2.31. The van der Waals surface area contributed by atoms with Crippen molar-refractivity contribution in [3.8, 4) is 17.2 Å². The lowest BCUT2D eigenvalue weighted by Gasteiger charge is -2.12. The second kappa shape index (κ2) is 8.53. The van der Waals surface area contributed by atoms with Crippen LogP contribution < -0.4 is 10.5 Å². The fourth-order valence-corrected chi connectivity index (χ4v) is 2.62. The second-order valence-corrected chi connectivity index (χ2v) is 6.14. The summed E-state index contributed by atoms with van der Waals surface area (Å²) in [5.41, 5.74) is 6.70. The molecule has 2 amide bonds. The Morgan fingerprint density at radius 2 is 1.96 bits per heavy atom. The number of hydrogen-bond donors (Lipinski definition) is 2. The van der Waals surface area contributed by atoms with Crippen molar-refractivity contribution in [3.05, 3.63) is 71.4 Å². The number of nitrogens with two attached hydrogens (primary N) is 1. The summed E-state index contributed by atoms with van der Waals surface area (Å²) in [5.74, 6) is 1.11. The molecule has 0 saturated heterocycles. The molecular formula is C20H20FN3O4. The molecule has 0 radical (unpaired) electrons. The lowest BCUT2D eigenvalue weighted by molar-refractivity contribution is -0.0470. The Balaban J connectivity index is 1.57. The minimum absolute atomic E-state index is 0.00737. The first-order chi connectivity index (χ1) is 13.4. The minimum Gasteiger partial charge on any atom is -0.493 e. The summed E-state index contributed by atoms with van der Waals surface area (Å²) >= 11 is 0. The van der Waals surface area contributed by atoms with Crippen LogP contribution in [0.4, 0.5) is 9.18 Å². The molecule has 0 spiro atoms. The van der Waals surface area contributed by atoms with E-state index in [2.05, 4.69) is 4.98 Å². The number of benzene rings is 2. The van der Waals surface area contributed by atoms with Crippen LogP contribution in [0, 0.1) is 12.7 Å². The van der Waals surface area contributed by atoms with Gasteiger partial charge in [-0.05, 0) is 36.8 Å². The maximum absolute atomic E-state index is 13.9. The number of carbonyl (C=O) groups excluding carboxylic acids is 1. The highest BCUT2D eigenvalue weighted by Crippen LogP contribution is 2.24. The number of rotatable bonds is 7. The number of oxazole rings is 1. The summed E-state index contributed by atoms with van der Waals surface area (Å²) in [7, 11) is 0. The van der Waals surface area contributed by atoms with Crippen molar-refractivity contribution in [2.45, 2.75) is 19.9 Å². The Morgan fingerprint density at radius 1 is 1.25 bits per heavy atom. The van der Waals surface area contributed by atoms with Crippen molar-refractivity contribution in [3.63, 3.8) is 0 Å². The van der Waals surface area contributed by atoms with Crippen LogP contribution in [0.5, 0.6) is 5.75 Å². The fraction of sp³-hybridized carbons (Fsp3) is 0.200. The van der Waals surface area contributed by atoms with E-state index in [1.165, 1.54) is 6.07 Å². The zero-order chi connectivity index (χ0) is 20.1. The van der Waals surface area contributed by atoms with E-state index in [0.29, 0.717) is 46.4 Å². The summed E-state index contributed by atoms with van der Waals surface area (Å²) in [6.45, 7) is 2.13. The van der Waals surface area contributed by atoms with Crippen molar-refractivity contribution in [1.29, 1.82) is 0 Å². The third-order valence-electron chi connectivity index (χ3n) is 4.11. The number of aromatic nitrogens is 1. The predicted octanol–water partition coefficient (Wildman–Crippen LogP) is 3.68. The first kappa shape index (κ1) is 19.4. The van der Waals surface area contributed by atoms with Crippen LogP contribution in [0.25, 0.3) is 11.5 Å². The summed E-state index contributed by atoms with van der Waals surface area (Å²) in [6.07, 6.45) is 0.498. The number of halogens is 1. The van der Waals surface area contributed by atoms with Crippen LogP contribution in [0.1, 0.15) is 17.0 Å². The Hall–Kier alpha value is -3.39. The summed E-state index contributed by atoms with van der Waals surface area (Å²) in [6, 6.07) is 12.3. The molecule has 2 aromatic carbocycles. The topological polar surface area (TPSA) is 102 Å². The molecule has 0 bridgehead atoms. The van der Waals surface area contributed by atoms with E-state index in [-0.39, 0.29) is 18.3 Å². The van der Waals surface area contributed by atoms with Gasteiger partial charge in [-0.1, -0.05) is 24.3 Å². The number of carbonyl (C=O) groups is 1. The minimum atomic E-state index is -0.918. The number of amides is 2. The molecule has 0 aliphatic carbocycles. The van der Waals surface area contributed by atoms with Gasteiger partial charge in [0, 0.05) is 6.42 Å². The van der Waals surface area contributed by atoms with E-state index in [4.69, 9.17) is 14.9 Å². The highest BCUT2D eigenvalue weighted by Gasteiger charge is 2.14. The number of nitrogens with zero attached hydrogens (tertiary/aromatic N) is 2. The molecule has 3 aromatic rings. The van der Waals surface area contributed by atoms with Gasteiger partial charge in [0.2, 0.25) is 5.89 Å². The van der Waals surface area contributed by atoms with E-state index >= 15 is 0 Å². The Kier molecular flexibility index (Phi) is 5.90. The van der Waals surface area contributed by atoms with Gasteiger partial charge in [-0.3, -0.25) is 5.21 Å². The molecule has 0 aliphatic heterocycles. The quantitative estimate of drug-likeness (QED) is 0.477. The van der Waals surface area contributed by atoms with E-state index in [9.17, 15) is 14.4 Å². The van der Waals surface area contributed by atoms with Gasteiger partial charge in [0.25, 0.3) is 0 Å². The highest BCUT2D eigenvalue weighted by molar-refractivity contribution is 5.70. The number of primary amides is 1. The third-order valence-corrected chi connectivity index (χ3v) is 4.11. The molecule has 0 unspecified atom stereocenters. The molecule has 146 valence electrons. The standard InChI is InChI=1S/C20H20FN3O4/c1-13-18(23-19(28-13)16-4-2-3-5-17(16)21)10-11-27-15-8-6-14(7-9-15)12-24(26)20(22)25/h2-9,26H,10-12H2,1H3,(H2,22,25). The number of ether oxygens (including phenoxy) is 1. The average Bonchev–Trinajstić information content (AvgIpc) is 3.04. The molecule has 3 rings (SSSR count). The molecular weight excluding hydrogens is 365 g/mol. The summed E-state index contributed by atoms with van der Waals surface area (Å²) < 4.78 is 25.1. The Bertz CT molecular complexity index is 956. The van der Waals surface area contributed by atoms with E-state index in [0.717, 1.165) is 0 Å². The van der Waals surface area contributed by atoms with Crippen molar-refractivity contribution >= 4 is 6.03 Å². The number of urea groups is 1. The molecule has 1 heterocycles. The molecule has 0 saturated carbocycles. The summed E-state index contributed by atoms with van der Waals surface area (Å²) in [4.78, 5) is 15.2. The van der Waals surface area contributed by atoms with Gasteiger partial charge in [-0.2, -0.15) is 0 Å². The first-order valence-corrected chi connectivity index (χ1v) is 8.63. The molecule has 1 aromatic heterocycles. The maximum atomic E-state index is 13.9. The highest BCUT2D eigenvalue weighted by atomic mass is 19.1. The van der Waals surface area contributed by atoms with Crippen LogP contribution in [0.15, 0.2) is 52.9 Å². The van der Waals surface area contributed by atoms with Crippen LogP contribution >= 0.6 is 0 Å². The molecule has 8 heteroatoms. The fourth-order valence-electron chi connectivity index (χ4n) is 2.62. The molecule has 3 N–H and O–H groups in total. The Labute approximate surface area is 161 Å². The van der Waals surface area contributed by atoms with Crippen LogP contribution in [0.2, 0.25) is 0 Å². The molecule has 7 nitrogen and oxygen atoms in total. The van der Waals surface area contributed by atoms with Crippen molar-refractivity contribution in [2.24, 2.45) is 5.73 Å². The maximum Gasteiger partial charge on any atom is 0.338 e. The molecule has 0 atom stereocenters. The van der Waals surface area contributed by atoms with Crippen molar-refractivity contribution < 1.29 is 23.5 Å². The molecule has 0 fully saturated rings. The normalized spacial score (nSPS) is 10.7. The average molecular weight is 385 g/mol. The largest absolute Gasteiger partial charge is 0.493 e. The van der Waals surface area contributed by atoms with Gasteiger partial charge in [0.15, 0.2) is 0 Å². The molecule has 28 heavy (non-hydrogen) atoms. The van der Waals surface area contributed by atoms with Gasteiger partial charge >= 0.3 is 6.03 Å². The van der Waals surface area contributed by atoms with Gasteiger partial charge in [0.05, 0.1) is 24.4 Å². The van der Waals surface area contributed by atoms with Gasteiger partial charge in [0.1, 0.15) is 17.3 Å². The monoisotopic (exact) mass is 385 g/mol. The first-order valence-electron chi connectivity index (χ1n) is 8.63. The smallest absolute Gasteiger partial charge is 0.338 e. The van der Waals surface area contributed by atoms with Crippen LogP contribution in [-0.4, -0.2) is 27.9 Å².